The van der Waals surface area contributed by atoms with E-state index in [2.05, 4.69) is 15.9 Å². The van der Waals surface area contributed by atoms with Crippen molar-refractivity contribution in [2.45, 2.75) is 40.5 Å². The molecule has 0 aliphatic heterocycles. The zero-order valence-corrected chi connectivity index (χ0v) is 33.5. The highest BCUT2D eigenvalue weighted by atomic mass is 79.9. The van der Waals surface area contributed by atoms with E-state index >= 15 is 0 Å². The van der Waals surface area contributed by atoms with Crippen LogP contribution in [-0.4, -0.2) is 83.8 Å². The molecular weight excluding hydrogens is 771 g/mol. The van der Waals surface area contributed by atoms with Crippen molar-refractivity contribution in [3.63, 3.8) is 0 Å². The van der Waals surface area contributed by atoms with Crippen molar-refractivity contribution in [2.24, 2.45) is 0 Å². The minimum absolute atomic E-state index is 0.127. The summed E-state index contributed by atoms with van der Waals surface area (Å²) in [7, 11) is -7.35. The average molecular weight is 818 g/mol. The maximum atomic E-state index is 11.1. The van der Waals surface area contributed by atoms with Gasteiger partial charge >= 0.3 is 7.12 Å². The van der Waals surface area contributed by atoms with E-state index in [1.807, 2.05) is 70.2 Å². The van der Waals surface area contributed by atoms with Gasteiger partial charge in [-0.15, -0.1) is 0 Å². The Hall–Kier alpha value is -3.82. The third kappa shape index (κ3) is 16.2. The van der Waals surface area contributed by atoms with Gasteiger partial charge in [0.2, 0.25) is 0 Å². The molecule has 2 N–H and O–H groups in total. The zero-order valence-electron chi connectivity index (χ0n) is 30.3. The van der Waals surface area contributed by atoms with E-state index in [1.54, 1.807) is 18.2 Å². The molecule has 0 unspecified atom stereocenters. The Labute approximate surface area is 316 Å². The second-order valence-electron chi connectivity index (χ2n) is 12.4. The fourth-order valence-electron chi connectivity index (χ4n) is 5.03. The smallest absolute Gasteiger partial charge is 0.488 e. The van der Waals surface area contributed by atoms with Crippen molar-refractivity contribution in [3.05, 3.63) is 111 Å². The molecule has 0 atom stereocenters. The standard InChI is InChI=1S/C19H22O4S.C12H17BrO3S.C7H7BO3/c1-14-10-18(23-8-5-9-24(3,21)22)11-15(2)19(14)17-7-4-6-16(12-17)13-20;1-9-7-11(8-10(2)12(9)13)16-5-4-6-17(3,14)15;9-5-6-2-1-3-7(4-6)8(10)11/h4,6-7,10-13H,5,8-9H2,1-3H3;7-8H,4-6H2,1-3H3;1-5,10-11H. The van der Waals surface area contributed by atoms with Crippen LogP contribution in [0.2, 0.25) is 0 Å². The van der Waals surface area contributed by atoms with Gasteiger partial charge in [0.25, 0.3) is 0 Å². The molecule has 0 bridgehead atoms. The molecule has 280 valence electrons. The molecule has 10 nitrogen and oxygen atoms in total. The molecule has 14 heteroatoms. The van der Waals surface area contributed by atoms with Gasteiger partial charge < -0.3 is 19.5 Å². The third-order valence-corrected chi connectivity index (χ3v) is 10.7. The maximum Gasteiger partial charge on any atom is 0.488 e. The number of carbonyl (C=O) groups is 2. The average Bonchev–Trinajstić information content (AvgIpc) is 3.07. The molecule has 0 aliphatic carbocycles. The molecule has 0 aliphatic rings. The molecular formula is C38H46BBrO10S2. The van der Waals surface area contributed by atoms with Crippen LogP contribution in [0, 0.1) is 27.7 Å². The second kappa shape index (κ2) is 21.0. The van der Waals surface area contributed by atoms with Gasteiger partial charge in [-0.2, -0.15) is 0 Å². The van der Waals surface area contributed by atoms with Gasteiger partial charge in [0.15, 0.2) is 0 Å². The van der Waals surface area contributed by atoms with Crippen LogP contribution in [0.4, 0.5) is 0 Å². The zero-order chi connectivity index (χ0) is 39.1. The number of rotatable bonds is 14. The first kappa shape index (κ1) is 44.3. The fourth-order valence-corrected chi connectivity index (χ4v) is 6.55. The number of aryl methyl sites for hydroxylation is 4. The van der Waals surface area contributed by atoms with Crippen molar-refractivity contribution >= 4 is 60.8 Å². The summed E-state index contributed by atoms with van der Waals surface area (Å²) >= 11 is 3.49. The van der Waals surface area contributed by atoms with Crippen molar-refractivity contribution < 1.29 is 45.9 Å². The van der Waals surface area contributed by atoms with E-state index in [-0.39, 0.29) is 11.5 Å². The van der Waals surface area contributed by atoms with Crippen molar-refractivity contribution in [3.8, 4) is 22.6 Å². The largest absolute Gasteiger partial charge is 0.494 e. The monoisotopic (exact) mass is 816 g/mol. The lowest BCUT2D eigenvalue weighted by Gasteiger charge is -2.14. The van der Waals surface area contributed by atoms with E-state index in [0.29, 0.717) is 48.9 Å². The van der Waals surface area contributed by atoms with Crippen LogP contribution in [0.15, 0.2) is 77.3 Å². The maximum absolute atomic E-state index is 11.1. The number of hydrogen-bond acceptors (Lipinski definition) is 10. The van der Waals surface area contributed by atoms with Crippen LogP contribution in [0.5, 0.6) is 11.5 Å². The van der Waals surface area contributed by atoms with Crippen LogP contribution in [0.3, 0.4) is 0 Å². The highest BCUT2D eigenvalue weighted by Crippen LogP contribution is 2.31. The van der Waals surface area contributed by atoms with Gasteiger partial charge in [0.1, 0.15) is 43.7 Å². The lowest BCUT2D eigenvalue weighted by Crippen LogP contribution is -2.29. The highest BCUT2D eigenvalue weighted by molar-refractivity contribution is 9.10. The first-order valence-electron chi connectivity index (χ1n) is 16.3. The summed E-state index contributed by atoms with van der Waals surface area (Å²) in [5, 5.41) is 17.4. The Kier molecular flexibility index (Phi) is 17.9. The molecule has 0 saturated carbocycles. The van der Waals surface area contributed by atoms with Gasteiger partial charge in [0, 0.05) is 28.1 Å². The third-order valence-electron chi connectivity index (χ3n) is 7.43. The lowest BCUT2D eigenvalue weighted by molar-refractivity contribution is 0.111. The van der Waals surface area contributed by atoms with Crippen molar-refractivity contribution in [1.29, 1.82) is 0 Å². The molecule has 0 fully saturated rings. The Morgan fingerprint density at radius 1 is 0.654 bits per heavy atom. The van der Waals surface area contributed by atoms with E-state index in [1.165, 1.54) is 24.6 Å². The molecule has 0 heterocycles. The number of carbonyl (C=O) groups excluding carboxylic acids is 2. The Bertz CT molecular complexity index is 1990. The van der Waals surface area contributed by atoms with Gasteiger partial charge in [0.05, 0.1) is 24.7 Å². The second-order valence-corrected chi connectivity index (χ2v) is 17.7. The number of hydrogen-bond donors (Lipinski definition) is 2. The van der Waals surface area contributed by atoms with Gasteiger partial charge in [-0.1, -0.05) is 58.4 Å². The summed E-state index contributed by atoms with van der Waals surface area (Å²) in [5.74, 6) is 1.81. The number of sulfone groups is 2. The normalized spacial score (nSPS) is 10.9. The molecule has 0 radical (unpaired) electrons. The van der Waals surface area contributed by atoms with Gasteiger partial charge in [-0.05, 0) is 110 Å². The first-order valence-corrected chi connectivity index (χ1v) is 21.2. The summed E-state index contributed by atoms with van der Waals surface area (Å²) in [6, 6.07) is 21.4. The van der Waals surface area contributed by atoms with Crippen LogP contribution < -0.4 is 14.9 Å². The van der Waals surface area contributed by atoms with Crippen molar-refractivity contribution in [1.82, 2.24) is 0 Å². The Balaban J connectivity index is 0.000000291. The molecule has 4 aromatic carbocycles. The van der Waals surface area contributed by atoms with Crippen molar-refractivity contribution in [2.75, 3.05) is 37.2 Å². The topological polar surface area (TPSA) is 161 Å². The molecule has 0 aromatic heterocycles. The minimum atomic E-state index is -2.95. The fraction of sp³-hybridized carbons (Fsp3) is 0.316. The van der Waals surface area contributed by atoms with Gasteiger partial charge in [-0.25, -0.2) is 16.8 Å². The quantitative estimate of drug-likeness (QED) is 0.0924. The van der Waals surface area contributed by atoms with Crippen LogP contribution in [0.1, 0.15) is 55.8 Å². The summed E-state index contributed by atoms with van der Waals surface area (Å²) in [6.45, 7) is 8.79. The molecule has 4 aromatic rings. The highest BCUT2D eigenvalue weighted by Gasteiger charge is 2.11. The van der Waals surface area contributed by atoms with E-state index in [0.717, 1.165) is 55.6 Å². The number of ether oxygens (including phenoxy) is 2. The van der Waals surface area contributed by atoms with Gasteiger partial charge in [-0.3, -0.25) is 9.59 Å². The first-order chi connectivity index (χ1) is 24.3. The van der Waals surface area contributed by atoms with E-state index in [4.69, 9.17) is 19.5 Å². The molecule has 0 saturated heterocycles. The Morgan fingerprint density at radius 2 is 1.08 bits per heavy atom. The van der Waals surface area contributed by atoms with Crippen LogP contribution in [-0.2, 0) is 19.7 Å². The van der Waals surface area contributed by atoms with E-state index < -0.39 is 26.8 Å². The van der Waals surface area contributed by atoms with E-state index in [9.17, 15) is 26.4 Å². The molecule has 0 amide bonds. The number of aldehydes is 2. The summed E-state index contributed by atoms with van der Waals surface area (Å²) in [4.78, 5) is 21.2. The number of halogens is 1. The lowest BCUT2D eigenvalue weighted by atomic mass is 9.80. The summed E-state index contributed by atoms with van der Waals surface area (Å²) in [5.41, 5.74) is 7.83. The predicted molar refractivity (Wildman–Crippen MR) is 212 cm³/mol. The van der Waals surface area contributed by atoms with Crippen LogP contribution >= 0.6 is 15.9 Å². The SMILES string of the molecule is Cc1cc(OCCCS(C)(=O)=O)cc(C)c1-c1cccc(C=O)c1.Cc1cc(OCCCS(C)(=O)=O)cc(C)c1Br.O=Cc1cccc(B(O)O)c1. The summed E-state index contributed by atoms with van der Waals surface area (Å²) in [6.07, 6.45) is 4.96. The molecule has 0 spiro atoms. The molecule has 4 rings (SSSR count). The minimum Gasteiger partial charge on any atom is -0.494 e. The number of benzene rings is 4. The Morgan fingerprint density at radius 3 is 1.50 bits per heavy atom. The molecule has 52 heavy (non-hydrogen) atoms. The van der Waals surface area contributed by atoms with Crippen LogP contribution in [0.25, 0.3) is 11.1 Å². The summed E-state index contributed by atoms with van der Waals surface area (Å²) < 4.78 is 56.4. The predicted octanol–water partition coefficient (Wildman–Crippen LogP) is 5.65.